The number of carbonyl (C=O) groups is 2. The molecular weight excluding hydrogens is 455 g/mol. The van der Waals surface area contributed by atoms with Gasteiger partial charge in [0.25, 0.3) is 11.7 Å². The summed E-state index contributed by atoms with van der Waals surface area (Å²) in [4.78, 5) is 30.1. The van der Waals surface area contributed by atoms with Gasteiger partial charge in [-0.2, -0.15) is 0 Å². The third-order valence-electron chi connectivity index (χ3n) is 6.36. The van der Waals surface area contributed by atoms with Crippen molar-refractivity contribution in [1.82, 2.24) is 9.80 Å². The number of methoxy groups -OCH3 is 2. The number of benzene rings is 2. The molecule has 2 aliphatic rings. The number of aliphatic hydroxyl groups excluding tert-OH is 1. The number of hydrogen-bond donors (Lipinski definition) is 1. The predicted molar refractivity (Wildman–Crippen MR) is 127 cm³/mol. The molecule has 2 saturated heterocycles. The molecule has 0 bridgehead atoms. The summed E-state index contributed by atoms with van der Waals surface area (Å²) in [5.74, 6) is -1.54. The van der Waals surface area contributed by atoms with Crippen molar-refractivity contribution in [2.24, 2.45) is 0 Å². The van der Waals surface area contributed by atoms with E-state index in [1.54, 1.807) is 18.2 Å². The van der Waals surface area contributed by atoms with Gasteiger partial charge in [-0.05, 0) is 36.8 Å². The summed E-state index contributed by atoms with van der Waals surface area (Å²) in [6.07, 6.45) is 0.631. The minimum Gasteiger partial charge on any atom is -0.507 e. The number of para-hydroxylation sites is 1. The SMILES string of the molecule is COc1cccc([C@H]2C(=C(O)c3ccc(F)cc3)C(=O)C(=O)N2CCCN2CCOCC2)c1OC. The highest BCUT2D eigenvalue weighted by molar-refractivity contribution is 6.46. The number of hydrogen-bond acceptors (Lipinski definition) is 7. The average Bonchev–Trinajstić information content (AvgIpc) is 3.13. The van der Waals surface area contributed by atoms with Crippen LogP contribution < -0.4 is 9.47 Å². The molecule has 1 N–H and O–H groups in total. The van der Waals surface area contributed by atoms with Gasteiger partial charge >= 0.3 is 0 Å². The van der Waals surface area contributed by atoms with Gasteiger partial charge in [-0.1, -0.05) is 12.1 Å². The summed E-state index contributed by atoms with van der Waals surface area (Å²) in [7, 11) is 2.98. The Bertz CT molecular complexity index is 1110. The number of ketones is 1. The van der Waals surface area contributed by atoms with Crippen LogP contribution in [0.1, 0.15) is 23.6 Å². The number of likely N-dealkylation sites (tertiary alicyclic amines) is 1. The highest BCUT2D eigenvalue weighted by atomic mass is 19.1. The van der Waals surface area contributed by atoms with Crippen LogP contribution in [0.2, 0.25) is 0 Å². The van der Waals surface area contributed by atoms with Crippen molar-refractivity contribution in [3.63, 3.8) is 0 Å². The van der Waals surface area contributed by atoms with E-state index in [0.717, 1.165) is 19.6 Å². The highest BCUT2D eigenvalue weighted by Crippen LogP contribution is 2.45. The van der Waals surface area contributed by atoms with E-state index in [1.807, 2.05) is 0 Å². The third-order valence-corrected chi connectivity index (χ3v) is 6.36. The highest BCUT2D eigenvalue weighted by Gasteiger charge is 2.47. The Kier molecular flexibility index (Phi) is 7.67. The van der Waals surface area contributed by atoms with E-state index in [1.165, 1.54) is 43.4 Å². The zero-order valence-electron chi connectivity index (χ0n) is 19.8. The fourth-order valence-electron chi connectivity index (χ4n) is 4.61. The normalized spacial score (nSPS) is 20.3. The standard InChI is InChI=1S/C26H29FN2O6/c1-33-20-6-3-5-19(25(20)34-2)22-21(23(30)17-7-9-18(27)10-8-17)24(31)26(32)29(22)12-4-11-28-13-15-35-16-14-28/h3,5-10,22,30H,4,11-16H2,1-2H3/t22-/m0/s1. The van der Waals surface area contributed by atoms with Crippen LogP contribution in [0, 0.1) is 5.82 Å². The molecule has 0 aliphatic carbocycles. The number of carbonyl (C=O) groups excluding carboxylic acids is 2. The molecule has 2 aromatic carbocycles. The molecule has 0 unspecified atom stereocenters. The Hall–Kier alpha value is -3.43. The van der Waals surface area contributed by atoms with E-state index >= 15 is 0 Å². The molecule has 1 amide bonds. The fraction of sp³-hybridized carbons (Fsp3) is 0.385. The molecule has 0 aromatic heterocycles. The number of halogens is 1. The molecule has 2 aromatic rings. The van der Waals surface area contributed by atoms with Crippen LogP contribution in [0.4, 0.5) is 4.39 Å². The van der Waals surface area contributed by atoms with Crippen molar-refractivity contribution >= 4 is 17.4 Å². The van der Waals surface area contributed by atoms with Crippen molar-refractivity contribution in [3.8, 4) is 11.5 Å². The average molecular weight is 485 g/mol. The van der Waals surface area contributed by atoms with E-state index in [-0.39, 0.29) is 16.9 Å². The monoisotopic (exact) mass is 484 g/mol. The second-order valence-electron chi connectivity index (χ2n) is 8.39. The van der Waals surface area contributed by atoms with Gasteiger partial charge in [0.1, 0.15) is 11.6 Å². The van der Waals surface area contributed by atoms with Crippen LogP contribution in [-0.4, -0.2) is 80.2 Å². The van der Waals surface area contributed by atoms with Gasteiger partial charge in [-0.25, -0.2) is 4.39 Å². The van der Waals surface area contributed by atoms with Crippen molar-refractivity contribution in [1.29, 1.82) is 0 Å². The molecule has 1 atom stereocenters. The molecule has 4 rings (SSSR count). The number of aliphatic hydroxyl groups is 1. The van der Waals surface area contributed by atoms with Gasteiger partial charge in [-0.3, -0.25) is 14.5 Å². The number of ether oxygens (including phenoxy) is 3. The second kappa shape index (κ2) is 10.9. The number of morpholine rings is 1. The molecule has 35 heavy (non-hydrogen) atoms. The van der Waals surface area contributed by atoms with Gasteiger partial charge in [-0.15, -0.1) is 0 Å². The number of Topliss-reactive ketones (excluding diaryl/α,β-unsaturated/α-hetero) is 1. The molecule has 2 fully saturated rings. The summed E-state index contributed by atoms with van der Waals surface area (Å²) < 4.78 is 29.9. The first-order valence-electron chi connectivity index (χ1n) is 11.5. The maximum atomic E-state index is 13.5. The maximum absolute atomic E-state index is 13.5. The Labute approximate surface area is 203 Å². The molecule has 9 heteroatoms. The second-order valence-corrected chi connectivity index (χ2v) is 8.39. The lowest BCUT2D eigenvalue weighted by Crippen LogP contribution is -2.39. The molecule has 0 saturated carbocycles. The molecule has 186 valence electrons. The van der Waals surface area contributed by atoms with Gasteiger partial charge < -0.3 is 24.2 Å². The fourth-order valence-corrected chi connectivity index (χ4v) is 4.61. The van der Waals surface area contributed by atoms with Gasteiger partial charge in [0, 0.05) is 37.3 Å². The third kappa shape index (κ3) is 5.01. The summed E-state index contributed by atoms with van der Waals surface area (Å²) in [5.41, 5.74) is 0.685. The van der Waals surface area contributed by atoms with E-state index in [9.17, 15) is 19.1 Å². The molecule has 0 spiro atoms. The van der Waals surface area contributed by atoms with E-state index in [2.05, 4.69) is 4.90 Å². The largest absolute Gasteiger partial charge is 0.507 e. The van der Waals surface area contributed by atoms with E-state index in [4.69, 9.17) is 14.2 Å². The Balaban J connectivity index is 1.75. The molecular formula is C26H29FN2O6. The zero-order valence-corrected chi connectivity index (χ0v) is 19.8. The van der Waals surface area contributed by atoms with Crippen LogP contribution in [0.15, 0.2) is 48.0 Å². The Morgan fingerprint density at radius 2 is 1.77 bits per heavy atom. The molecule has 2 aliphatic heterocycles. The van der Waals surface area contributed by atoms with Crippen LogP contribution in [0.5, 0.6) is 11.5 Å². The zero-order chi connectivity index (χ0) is 24.9. The van der Waals surface area contributed by atoms with Crippen molar-refractivity contribution < 1.29 is 33.3 Å². The van der Waals surface area contributed by atoms with Gasteiger partial charge in [0.05, 0.1) is 39.0 Å². The van der Waals surface area contributed by atoms with Crippen LogP contribution in [-0.2, 0) is 14.3 Å². The first-order chi connectivity index (χ1) is 17.0. The van der Waals surface area contributed by atoms with Crippen LogP contribution in [0.25, 0.3) is 5.76 Å². The minimum atomic E-state index is -0.894. The van der Waals surface area contributed by atoms with Crippen LogP contribution >= 0.6 is 0 Å². The maximum Gasteiger partial charge on any atom is 0.295 e. The number of nitrogens with zero attached hydrogens (tertiary/aromatic N) is 2. The number of rotatable bonds is 8. The lowest BCUT2D eigenvalue weighted by Gasteiger charge is -2.29. The lowest BCUT2D eigenvalue weighted by molar-refractivity contribution is -0.140. The molecule has 2 heterocycles. The molecule has 8 nitrogen and oxygen atoms in total. The Morgan fingerprint density at radius 1 is 1.06 bits per heavy atom. The van der Waals surface area contributed by atoms with Crippen molar-refractivity contribution in [2.75, 3.05) is 53.6 Å². The van der Waals surface area contributed by atoms with Gasteiger partial charge in [0.15, 0.2) is 11.5 Å². The van der Waals surface area contributed by atoms with Crippen LogP contribution in [0.3, 0.4) is 0 Å². The summed E-state index contributed by atoms with van der Waals surface area (Å²) in [5, 5.41) is 11.1. The smallest absolute Gasteiger partial charge is 0.295 e. The number of amides is 1. The summed E-state index contributed by atoms with van der Waals surface area (Å²) >= 11 is 0. The van der Waals surface area contributed by atoms with Gasteiger partial charge in [0.2, 0.25) is 0 Å². The van der Waals surface area contributed by atoms with Crippen molar-refractivity contribution in [3.05, 3.63) is 65.0 Å². The lowest BCUT2D eigenvalue weighted by atomic mass is 9.94. The van der Waals surface area contributed by atoms with E-state index < -0.39 is 23.5 Å². The predicted octanol–water partition coefficient (Wildman–Crippen LogP) is 2.99. The first kappa shape index (κ1) is 24.7. The topological polar surface area (TPSA) is 88.5 Å². The summed E-state index contributed by atoms with van der Waals surface area (Å²) in [6, 6.07) is 9.42. The minimum absolute atomic E-state index is 0.0699. The van der Waals surface area contributed by atoms with E-state index in [0.29, 0.717) is 43.2 Å². The quantitative estimate of drug-likeness (QED) is 0.350. The Morgan fingerprint density at radius 3 is 2.43 bits per heavy atom. The summed E-state index contributed by atoms with van der Waals surface area (Å²) in [6.45, 7) is 4.01. The molecule has 0 radical (unpaired) electrons. The van der Waals surface area contributed by atoms with Crippen molar-refractivity contribution in [2.45, 2.75) is 12.5 Å². The first-order valence-corrected chi connectivity index (χ1v) is 11.5.